The van der Waals surface area contributed by atoms with Crippen molar-refractivity contribution in [3.8, 4) is 0 Å². The molecular weight excluding hydrogens is 204 g/mol. The van der Waals surface area contributed by atoms with E-state index in [4.69, 9.17) is 5.11 Å². The quantitative estimate of drug-likeness (QED) is 0.853. The first-order chi connectivity index (χ1) is 7.59. The van der Waals surface area contributed by atoms with E-state index < -0.39 is 5.97 Å². The van der Waals surface area contributed by atoms with Crippen LogP contribution >= 0.6 is 0 Å². The van der Waals surface area contributed by atoms with Crippen molar-refractivity contribution in [2.45, 2.75) is 52.0 Å². The second kappa shape index (κ2) is 4.28. The van der Waals surface area contributed by atoms with E-state index >= 15 is 0 Å². The summed E-state index contributed by atoms with van der Waals surface area (Å²) in [4.78, 5) is 10.8. The first-order valence-electron chi connectivity index (χ1n) is 5.86. The van der Waals surface area contributed by atoms with Gasteiger partial charge in [-0.1, -0.05) is 12.8 Å². The molecule has 0 atom stereocenters. The van der Waals surface area contributed by atoms with Crippen molar-refractivity contribution in [3.63, 3.8) is 0 Å². The molecule has 0 saturated heterocycles. The summed E-state index contributed by atoms with van der Waals surface area (Å²) in [5, 5.41) is 13.4. The van der Waals surface area contributed by atoms with E-state index in [-0.39, 0.29) is 6.42 Å². The Hall–Kier alpha value is -1.32. The Bertz CT molecular complexity index is 403. The number of hydrogen-bond donors (Lipinski definition) is 1. The van der Waals surface area contributed by atoms with Crippen molar-refractivity contribution in [2.24, 2.45) is 0 Å². The zero-order chi connectivity index (χ0) is 11.7. The molecule has 1 aliphatic rings. The van der Waals surface area contributed by atoms with Crippen LogP contribution in [0.25, 0.3) is 0 Å². The molecular formula is C12H18N2O2. The van der Waals surface area contributed by atoms with E-state index in [1.54, 1.807) is 0 Å². The molecule has 1 aromatic heterocycles. The topological polar surface area (TPSA) is 55.1 Å². The van der Waals surface area contributed by atoms with Crippen molar-refractivity contribution in [2.75, 3.05) is 0 Å². The number of carbonyl (C=O) groups is 1. The summed E-state index contributed by atoms with van der Waals surface area (Å²) in [6.45, 7) is 3.88. The standard InChI is InChI=1S/C12H18N2O2/c1-8-11(7-12(15)16)9(2)14(13-8)10-5-3-4-6-10/h10H,3-7H2,1-2H3,(H,15,16). The molecule has 1 N–H and O–H groups in total. The smallest absolute Gasteiger partial charge is 0.307 e. The van der Waals surface area contributed by atoms with Gasteiger partial charge in [0.2, 0.25) is 0 Å². The van der Waals surface area contributed by atoms with Gasteiger partial charge in [0.1, 0.15) is 0 Å². The minimum atomic E-state index is -0.780. The molecule has 16 heavy (non-hydrogen) atoms. The Labute approximate surface area is 95.3 Å². The number of carboxylic acids is 1. The minimum Gasteiger partial charge on any atom is -0.481 e. The highest BCUT2D eigenvalue weighted by Crippen LogP contribution is 2.31. The fourth-order valence-electron chi connectivity index (χ4n) is 2.61. The van der Waals surface area contributed by atoms with Crippen LogP contribution < -0.4 is 0 Å². The van der Waals surface area contributed by atoms with Crippen LogP contribution in [-0.2, 0) is 11.2 Å². The number of carboxylic acid groups (broad SMARTS) is 1. The van der Waals surface area contributed by atoms with Crippen LogP contribution in [0, 0.1) is 13.8 Å². The molecule has 88 valence electrons. The summed E-state index contributed by atoms with van der Waals surface area (Å²) < 4.78 is 2.04. The number of hydrogen-bond acceptors (Lipinski definition) is 2. The Kier molecular flexibility index (Phi) is 2.99. The molecule has 4 nitrogen and oxygen atoms in total. The molecule has 1 aromatic rings. The Morgan fingerprint density at radius 3 is 2.62 bits per heavy atom. The monoisotopic (exact) mass is 222 g/mol. The molecule has 1 heterocycles. The zero-order valence-corrected chi connectivity index (χ0v) is 9.86. The Morgan fingerprint density at radius 1 is 1.44 bits per heavy atom. The van der Waals surface area contributed by atoms with Crippen LogP contribution in [0.4, 0.5) is 0 Å². The predicted molar refractivity (Wildman–Crippen MR) is 60.5 cm³/mol. The second-order valence-electron chi connectivity index (χ2n) is 4.60. The maximum atomic E-state index is 10.8. The van der Waals surface area contributed by atoms with Gasteiger partial charge in [-0.25, -0.2) is 0 Å². The summed E-state index contributed by atoms with van der Waals surface area (Å²) in [6, 6.07) is 0.487. The molecule has 0 spiro atoms. The highest BCUT2D eigenvalue weighted by molar-refractivity contribution is 5.70. The Morgan fingerprint density at radius 2 is 2.06 bits per heavy atom. The van der Waals surface area contributed by atoms with Gasteiger partial charge in [-0.15, -0.1) is 0 Å². The summed E-state index contributed by atoms with van der Waals surface area (Å²) in [5.74, 6) is -0.780. The SMILES string of the molecule is Cc1nn(C2CCCC2)c(C)c1CC(=O)O. The average molecular weight is 222 g/mol. The van der Waals surface area contributed by atoms with Gasteiger partial charge in [-0.3, -0.25) is 9.48 Å². The summed E-state index contributed by atoms with van der Waals surface area (Å²) in [5.41, 5.74) is 2.79. The maximum Gasteiger partial charge on any atom is 0.307 e. The molecule has 4 heteroatoms. The van der Waals surface area contributed by atoms with Gasteiger partial charge in [-0.2, -0.15) is 5.10 Å². The van der Waals surface area contributed by atoms with Crippen LogP contribution in [0.15, 0.2) is 0 Å². The van der Waals surface area contributed by atoms with Gasteiger partial charge >= 0.3 is 5.97 Å². The molecule has 0 aliphatic heterocycles. The third-order valence-corrected chi connectivity index (χ3v) is 3.47. The van der Waals surface area contributed by atoms with Crippen molar-refractivity contribution in [1.29, 1.82) is 0 Å². The lowest BCUT2D eigenvalue weighted by Crippen LogP contribution is -2.09. The molecule has 0 radical (unpaired) electrons. The Balaban J connectivity index is 2.30. The third kappa shape index (κ3) is 1.96. The largest absolute Gasteiger partial charge is 0.481 e. The molecule has 0 unspecified atom stereocenters. The van der Waals surface area contributed by atoms with E-state index in [9.17, 15) is 4.79 Å². The molecule has 0 amide bonds. The number of aryl methyl sites for hydroxylation is 1. The second-order valence-corrected chi connectivity index (χ2v) is 4.60. The molecule has 1 aliphatic carbocycles. The van der Waals surface area contributed by atoms with E-state index in [2.05, 4.69) is 5.10 Å². The van der Waals surface area contributed by atoms with Crippen LogP contribution in [-0.4, -0.2) is 20.9 Å². The molecule has 1 saturated carbocycles. The number of nitrogens with zero attached hydrogens (tertiary/aromatic N) is 2. The number of aromatic nitrogens is 2. The van der Waals surface area contributed by atoms with Crippen LogP contribution in [0.2, 0.25) is 0 Å². The van der Waals surface area contributed by atoms with Gasteiger partial charge in [0.05, 0.1) is 18.2 Å². The van der Waals surface area contributed by atoms with Crippen molar-refractivity contribution >= 4 is 5.97 Å². The fraction of sp³-hybridized carbons (Fsp3) is 0.667. The fourth-order valence-corrected chi connectivity index (χ4v) is 2.61. The molecule has 0 aromatic carbocycles. The van der Waals surface area contributed by atoms with Gasteiger partial charge < -0.3 is 5.11 Å². The van der Waals surface area contributed by atoms with Gasteiger partial charge in [0, 0.05) is 11.3 Å². The van der Waals surface area contributed by atoms with E-state index in [0.717, 1.165) is 17.0 Å². The summed E-state index contributed by atoms with van der Waals surface area (Å²) in [6.07, 6.45) is 4.96. The first-order valence-corrected chi connectivity index (χ1v) is 5.86. The first kappa shape index (κ1) is 11.2. The summed E-state index contributed by atoms with van der Waals surface area (Å²) in [7, 11) is 0. The highest BCUT2D eigenvalue weighted by Gasteiger charge is 2.22. The maximum absolute atomic E-state index is 10.8. The van der Waals surface area contributed by atoms with Crippen molar-refractivity contribution in [3.05, 3.63) is 17.0 Å². The molecule has 1 fully saturated rings. The van der Waals surface area contributed by atoms with Crippen LogP contribution in [0.5, 0.6) is 0 Å². The van der Waals surface area contributed by atoms with Gasteiger partial charge in [0.15, 0.2) is 0 Å². The minimum absolute atomic E-state index is 0.0877. The van der Waals surface area contributed by atoms with E-state index in [0.29, 0.717) is 6.04 Å². The average Bonchev–Trinajstić information content (AvgIpc) is 2.80. The van der Waals surface area contributed by atoms with E-state index in [1.165, 1.54) is 25.7 Å². The lowest BCUT2D eigenvalue weighted by atomic mass is 10.1. The third-order valence-electron chi connectivity index (χ3n) is 3.47. The lowest BCUT2D eigenvalue weighted by molar-refractivity contribution is -0.136. The predicted octanol–water partition coefficient (Wildman–Crippen LogP) is 2.24. The zero-order valence-electron chi connectivity index (χ0n) is 9.86. The number of rotatable bonds is 3. The van der Waals surface area contributed by atoms with Crippen molar-refractivity contribution < 1.29 is 9.90 Å². The van der Waals surface area contributed by atoms with Crippen LogP contribution in [0.3, 0.4) is 0 Å². The lowest BCUT2D eigenvalue weighted by Gasteiger charge is -2.12. The normalized spacial score (nSPS) is 16.9. The molecule has 2 rings (SSSR count). The van der Waals surface area contributed by atoms with E-state index in [1.807, 2.05) is 18.5 Å². The molecule has 0 bridgehead atoms. The summed E-state index contributed by atoms with van der Waals surface area (Å²) >= 11 is 0. The van der Waals surface area contributed by atoms with Gasteiger partial charge in [0.25, 0.3) is 0 Å². The van der Waals surface area contributed by atoms with Gasteiger partial charge in [-0.05, 0) is 26.7 Å². The van der Waals surface area contributed by atoms with Crippen molar-refractivity contribution in [1.82, 2.24) is 9.78 Å². The highest BCUT2D eigenvalue weighted by atomic mass is 16.4. The van der Waals surface area contributed by atoms with Crippen LogP contribution in [0.1, 0.15) is 48.7 Å². The number of aliphatic carboxylic acids is 1.